The van der Waals surface area contributed by atoms with Gasteiger partial charge in [-0.2, -0.15) is 0 Å². The normalized spacial score (nSPS) is 15.5. The number of hydrogen-bond donors (Lipinski definition) is 2. The predicted molar refractivity (Wildman–Crippen MR) is 89.1 cm³/mol. The predicted octanol–water partition coefficient (Wildman–Crippen LogP) is 2.61. The number of nitrogens with one attached hydrogen (secondary N) is 2. The van der Waals surface area contributed by atoms with E-state index in [1.165, 1.54) is 0 Å². The van der Waals surface area contributed by atoms with Gasteiger partial charge < -0.3 is 10.1 Å². The van der Waals surface area contributed by atoms with E-state index in [1.807, 2.05) is 54.6 Å². The molecule has 4 nitrogen and oxygen atoms in total. The SMILES string of the molecule is O=C1NC(=S)N/C1=C\c1ccccc1OCc1ccccc1. The summed E-state index contributed by atoms with van der Waals surface area (Å²) >= 11 is 4.92. The van der Waals surface area contributed by atoms with Crippen LogP contribution in [0.2, 0.25) is 0 Å². The van der Waals surface area contributed by atoms with Crippen LogP contribution in [0.15, 0.2) is 60.3 Å². The zero-order valence-electron chi connectivity index (χ0n) is 11.7. The summed E-state index contributed by atoms with van der Waals surface area (Å²) in [6, 6.07) is 17.5. The number of hydrogen-bond acceptors (Lipinski definition) is 3. The molecule has 0 radical (unpaired) electrons. The minimum atomic E-state index is -0.233. The molecule has 0 unspecified atom stereocenters. The first-order valence-electron chi connectivity index (χ1n) is 6.82. The topological polar surface area (TPSA) is 50.4 Å². The molecule has 0 aromatic heterocycles. The molecule has 0 atom stereocenters. The van der Waals surface area contributed by atoms with Crippen molar-refractivity contribution in [3.63, 3.8) is 0 Å². The highest BCUT2D eigenvalue weighted by Crippen LogP contribution is 2.22. The Morgan fingerprint density at radius 2 is 1.73 bits per heavy atom. The fourth-order valence-electron chi connectivity index (χ4n) is 2.10. The van der Waals surface area contributed by atoms with Gasteiger partial charge in [0.15, 0.2) is 5.11 Å². The molecule has 110 valence electrons. The first kappa shape index (κ1) is 14.3. The van der Waals surface area contributed by atoms with Crippen molar-refractivity contribution in [2.24, 2.45) is 0 Å². The van der Waals surface area contributed by atoms with Crippen molar-refractivity contribution in [2.75, 3.05) is 0 Å². The molecule has 2 N–H and O–H groups in total. The summed E-state index contributed by atoms with van der Waals surface area (Å²) in [7, 11) is 0. The third-order valence-corrected chi connectivity index (χ3v) is 3.38. The van der Waals surface area contributed by atoms with E-state index in [0.29, 0.717) is 23.2 Å². The highest BCUT2D eigenvalue weighted by atomic mass is 32.1. The van der Waals surface area contributed by atoms with Crippen molar-refractivity contribution in [1.82, 2.24) is 10.6 Å². The van der Waals surface area contributed by atoms with E-state index in [9.17, 15) is 4.79 Å². The molecule has 0 bridgehead atoms. The van der Waals surface area contributed by atoms with Crippen LogP contribution < -0.4 is 15.4 Å². The monoisotopic (exact) mass is 310 g/mol. The number of amides is 1. The van der Waals surface area contributed by atoms with E-state index in [2.05, 4.69) is 10.6 Å². The van der Waals surface area contributed by atoms with Crippen LogP contribution in [0.1, 0.15) is 11.1 Å². The zero-order chi connectivity index (χ0) is 15.4. The third kappa shape index (κ3) is 3.32. The smallest absolute Gasteiger partial charge is 0.273 e. The number of rotatable bonds is 4. The van der Waals surface area contributed by atoms with Crippen molar-refractivity contribution < 1.29 is 9.53 Å². The number of carbonyl (C=O) groups excluding carboxylic acids is 1. The Bertz CT molecular complexity index is 741. The van der Waals surface area contributed by atoms with Gasteiger partial charge in [0, 0.05) is 5.56 Å². The second kappa shape index (κ2) is 6.41. The van der Waals surface area contributed by atoms with Gasteiger partial charge in [0.05, 0.1) is 0 Å². The van der Waals surface area contributed by atoms with Crippen molar-refractivity contribution in [3.8, 4) is 5.75 Å². The number of ether oxygens (including phenoxy) is 1. The van der Waals surface area contributed by atoms with Gasteiger partial charge in [-0.15, -0.1) is 0 Å². The zero-order valence-corrected chi connectivity index (χ0v) is 12.5. The Hall–Kier alpha value is -2.66. The molecule has 2 aromatic rings. The molecule has 0 saturated carbocycles. The Labute approximate surface area is 133 Å². The van der Waals surface area contributed by atoms with Crippen LogP contribution in [-0.4, -0.2) is 11.0 Å². The van der Waals surface area contributed by atoms with Crippen molar-refractivity contribution in [2.45, 2.75) is 6.61 Å². The van der Waals surface area contributed by atoms with E-state index in [4.69, 9.17) is 17.0 Å². The van der Waals surface area contributed by atoms with Crippen LogP contribution in [0.4, 0.5) is 0 Å². The molecule has 22 heavy (non-hydrogen) atoms. The number of para-hydroxylation sites is 1. The Balaban J connectivity index is 1.80. The van der Waals surface area contributed by atoms with Crippen molar-refractivity contribution in [3.05, 3.63) is 71.4 Å². The van der Waals surface area contributed by atoms with Crippen LogP contribution in [0.25, 0.3) is 6.08 Å². The molecular formula is C17H14N2O2S. The van der Waals surface area contributed by atoms with Gasteiger partial charge in [-0.1, -0.05) is 48.5 Å². The van der Waals surface area contributed by atoms with Crippen LogP contribution in [0, 0.1) is 0 Å². The summed E-state index contributed by atoms with van der Waals surface area (Å²) in [6.45, 7) is 0.471. The fraction of sp³-hybridized carbons (Fsp3) is 0.0588. The summed E-state index contributed by atoms with van der Waals surface area (Å²) in [5.74, 6) is 0.481. The Morgan fingerprint density at radius 1 is 1.00 bits per heavy atom. The van der Waals surface area contributed by atoms with E-state index >= 15 is 0 Å². The molecular weight excluding hydrogens is 296 g/mol. The number of carbonyl (C=O) groups is 1. The number of benzene rings is 2. The van der Waals surface area contributed by atoms with E-state index in [1.54, 1.807) is 6.08 Å². The lowest BCUT2D eigenvalue weighted by Gasteiger charge is -2.09. The second-order valence-corrected chi connectivity index (χ2v) is 5.19. The van der Waals surface area contributed by atoms with Gasteiger partial charge in [0.2, 0.25) is 0 Å². The summed E-state index contributed by atoms with van der Waals surface area (Å²) in [4.78, 5) is 11.7. The van der Waals surface area contributed by atoms with Gasteiger partial charge in [-0.25, -0.2) is 0 Å². The lowest BCUT2D eigenvalue weighted by Crippen LogP contribution is -2.21. The average molecular weight is 310 g/mol. The molecule has 3 rings (SSSR count). The molecule has 0 spiro atoms. The maximum absolute atomic E-state index is 11.7. The summed E-state index contributed by atoms with van der Waals surface area (Å²) in [5.41, 5.74) is 2.32. The van der Waals surface area contributed by atoms with Crippen molar-refractivity contribution >= 4 is 29.3 Å². The molecule has 0 aliphatic carbocycles. The minimum absolute atomic E-state index is 0.233. The number of thiocarbonyl (C=S) groups is 1. The molecule has 1 aliphatic heterocycles. The molecule has 1 amide bonds. The molecule has 1 aliphatic rings. The first-order valence-corrected chi connectivity index (χ1v) is 7.23. The standard InChI is InChI=1S/C17H14N2O2S/c20-16-14(18-17(22)19-16)10-13-8-4-5-9-15(13)21-11-12-6-2-1-3-7-12/h1-10H,11H2,(H2,18,19,20,22)/b14-10-. The average Bonchev–Trinajstić information content (AvgIpc) is 2.85. The second-order valence-electron chi connectivity index (χ2n) is 4.78. The summed E-state index contributed by atoms with van der Waals surface area (Å²) in [5, 5.41) is 5.68. The van der Waals surface area contributed by atoms with Gasteiger partial charge in [-0.3, -0.25) is 10.1 Å². The van der Waals surface area contributed by atoms with Crippen LogP contribution in [0.3, 0.4) is 0 Å². The highest BCUT2D eigenvalue weighted by molar-refractivity contribution is 7.80. The maximum atomic E-state index is 11.7. The Morgan fingerprint density at radius 3 is 2.45 bits per heavy atom. The van der Waals surface area contributed by atoms with Gasteiger partial charge in [0.25, 0.3) is 5.91 Å². The van der Waals surface area contributed by atoms with Crippen LogP contribution in [0.5, 0.6) is 5.75 Å². The summed E-state index contributed by atoms with van der Waals surface area (Å²) in [6.07, 6.45) is 1.73. The molecule has 1 saturated heterocycles. The minimum Gasteiger partial charge on any atom is -0.488 e. The van der Waals surface area contributed by atoms with E-state index < -0.39 is 0 Å². The first-order chi connectivity index (χ1) is 10.7. The maximum Gasteiger partial charge on any atom is 0.273 e. The third-order valence-electron chi connectivity index (χ3n) is 3.18. The molecule has 1 heterocycles. The molecule has 2 aromatic carbocycles. The van der Waals surface area contributed by atoms with Crippen LogP contribution >= 0.6 is 12.2 Å². The molecule has 1 fully saturated rings. The quantitative estimate of drug-likeness (QED) is 0.673. The largest absolute Gasteiger partial charge is 0.488 e. The van der Waals surface area contributed by atoms with Gasteiger partial charge in [0.1, 0.15) is 18.1 Å². The van der Waals surface area contributed by atoms with E-state index in [-0.39, 0.29) is 5.91 Å². The van der Waals surface area contributed by atoms with Crippen molar-refractivity contribution in [1.29, 1.82) is 0 Å². The lowest BCUT2D eigenvalue weighted by molar-refractivity contribution is -0.115. The lowest BCUT2D eigenvalue weighted by atomic mass is 10.1. The van der Waals surface area contributed by atoms with Gasteiger partial charge >= 0.3 is 0 Å². The van der Waals surface area contributed by atoms with E-state index in [0.717, 1.165) is 11.1 Å². The summed E-state index contributed by atoms with van der Waals surface area (Å²) < 4.78 is 5.86. The van der Waals surface area contributed by atoms with Gasteiger partial charge in [-0.05, 0) is 29.9 Å². The fourth-order valence-corrected chi connectivity index (χ4v) is 2.31. The van der Waals surface area contributed by atoms with Crippen LogP contribution in [-0.2, 0) is 11.4 Å². The Kier molecular flexibility index (Phi) is 4.16. The highest BCUT2D eigenvalue weighted by Gasteiger charge is 2.20. The molecule has 5 heteroatoms.